The fourth-order valence-electron chi connectivity index (χ4n) is 4.35. The van der Waals surface area contributed by atoms with Crippen molar-refractivity contribution in [1.29, 1.82) is 0 Å². The molecule has 0 fully saturated rings. The molecule has 2 aliphatic rings. The molecule has 0 unspecified atom stereocenters. The predicted octanol–water partition coefficient (Wildman–Crippen LogP) is 1.30. The summed E-state index contributed by atoms with van der Waals surface area (Å²) in [6, 6.07) is 5.54. The van der Waals surface area contributed by atoms with Crippen LogP contribution in [-0.2, 0) is 16.0 Å². The summed E-state index contributed by atoms with van der Waals surface area (Å²) in [6.07, 6.45) is 6.67. The standard InChI is InChI=1S/C23H27N3O4/c1-4-6-18-16(5-2)17-9-10-26(21(28)12-25(3)13-27)23(22(17)24-18)15-7-8-19-20(11-15)30-14-29-19/h5-8,11,13,23-24H,4,9-10,12,14H2,1-3H3/b16-5-,18-6+/t23-/m0/s1. The van der Waals surface area contributed by atoms with Crippen LogP contribution in [0.15, 0.2) is 18.2 Å². The number of hydrogen-bond donors (Lipinski definition) is 1. The Morgan fingerprint density at radius 1 is 1.33 bits per heavy atom. The van der Waals surface area contributed by atoms with Gasteiger partial charge in [0.1, 0.15) is 0 Å². The lowest BCUT2D eigenvalue weighted by molar-refractivity contribution is -0.136. The highest BCUT2D eigenvalue weighted by Gasteiger charge is 2.35. The van der Waals surface area contributed by atoms with E-state index in [0.29, 0.717) is 24.5 Å². The van der Waals surface area contributed by atoms with Gasteiger partial charge in [0.05, 0.1) is 12.6 Å². The van der Waals surface area contributed by atoms with E-state index >= 15 is 0 Å². The van der Waals surface area contributed by atoms with E-state index in [2.05, 4.69) is 24.1 Å². The molecule has 3 heterocycles. The van der Waals surface area contributed by atoms with Crippen molar-refractivity contribution in [1.82, 2.24) is 14.8 Å². The molecular formula is C23H27N3O4. The molecule has 1 atom stereocenters. The Hall–Kier alpha value is -3.22. The number of benzene rings is 1. The predicted molar refractivity (Wildman–Crippen MR) is 113 cm³/mol. The largest absolute Gasteiger partial charge is 0.454 e. The molecule has 0 aliphatic carbocycles. The SMILES string of the molecule is C/C=c1/c2c([nH]/c1=C/CC)[C@H](c1ccc3c(c1)OCO3)N(C(=O)CN(C)C=O)CC2. The first-order valence-corrected chi connectivity index (χ1v) is 10.3. The van der Waals surface area contributed by atoms with Gasteiger partial charge in [0.25, 0.3) is 0 Å². The number of fused-ring (bicyclic) bond motifs is 2. The van der Waals surface area contributed by atoms with Crippen LogP contribution in [0.3, 0.4) is 0 Å². The maximum Gasteiger partial charge on any atom is 0.243 e. The smallest absolute Gasteiger partial charge is 0.243 e. The molecular weight excluding hydrogens is 382 g/mol. The molecule has 1 aromatic heterocycles. The van der Waals surface area contributed by atoms with Gasteiger partial charge < -0.3 is 24.3 Å². The maximum atomic E-state index is 13.1. The average molecular weight is 409 g/mol. The van der Waals surface area contributed by atoms with E-state index in [1.807, 2.05) is 30.0 Å². The third-order valence-electron chi connectivity index (χ3n) is 5.69. The highest BCUT2D eigenvalue weighted by atomic mass is 16.7. The molecule has 1 N–H and O–H groups in total. The number of aromatic nitrogens is 1. The molecule has 0 saturated carbocycles. The number of amides is 2. The Morgan fingerprint density at radius 3 is 2.87 bits per heavy atom. The van der Waals surface area contributed by atoms with E-state index in [1.54, 1.807) is 7.05 Å². The van der Waals surface area contributed by atoms with Crippen LogP contribution in [0, 0.1) is 0 Å². The average Bonchev–Trinajstić information content (AvgIpc) is 3.36. The highest BCUT2D eigenvalue weighted by molar-refractivity contribution is 5.81. The van der Waals surface area contributed by atoms with E-state index in [-0.39, 0.29) is 25.3 Å². The quantitative estimate of drug-likeness (QED) is 0.756. The number of likely N-dealkylation sites (N-methyl/N-ethyl adjacent to an activating group) is 1. The summed E-state index contributed by atoms with van der Waals surface area (Å²) in [5, 5.41) is 2.30. The van der Waals surface area contributed by atoms with Gasteiger partial charge in [-0.05, 0) is 48.2 Å². The van der Waals surface area contributed by atoms with Crippen LogP contribution in [0.2, 0.25) is 0 Å². The Balaban J connectivity index is 1.85. The van der Waals surface area contributed by atoms with Crippen LogP contribution < -0.4 is 20.0 Å². The number of ether oxygens (including phenoxy) is 2. The summed E-state index contributed by atoms with van der Waals surface area (Å²) in [6.45, 7) is 4.99. The zero-order valence-electron chi connectivity index (χ0n) is 17.6. The Kier molecular flexibility index (Phi) is 5.53. The third-order valence-corrected chi connectivity index (χ3v) is 5.69. The molecule has 1 aromatic carbocycles. The molecule has 4 rings (SSSR count). The Morgan fingerprint density at radius 2 is 2.13 bits per heavy atom. The maximum absolute atomic E-state index is 13.1. The second-order valence-corrected chi connectivity index (χ2v) is 7.62. The van der Waals surface area contributed by atoms with Crippen LogP contribution in [0.25, 0.3) is 12.2 Å². The van der Waals surface area contributed by atoms with Crippen LogP contribution in [0.1, 0.15) is 43.1 Å². The van der Waals surface area contributed by atoms with Crippen molar-refractivity contribution in [2.75, 3.05) is 26.9 Å². The molecule has 158 valence electrons. The molecule has 0 spiro atoms. The number of hydrogen-bond acceptors (Lipinski definition) is 4. The lowest BCUT2D eigenvalue weighted by Gasteiger charge is -2.37. The summed E-state index contributed by atoms with van der Waals surface area (Å²) in [4.78, 5) is 31.0. The molecule has 0 radical (unpaired) electrons. The molecule has 30 heavy (non-hydrogen) atoms. The van der Waals surface area contributed by atoms with E-state index in [1.165, 1.54) is 15.7 Å². The van der Waals surface area contributed by atoms with Gasteiger partial charge in [0.15, 0.2) is 11.5 Å². The van der Waals surface area contributed by atoms with Crippen LogP contribution in [0.5, 0.6) is 11.5 Å². The van der Waals surface area contributed by atoms with Gasteiger partial charge in [-0.1, -0.05) is 25.1 Å². The molecule has 7 nitrogen and oxygen atoms in total. The normalized spacial score (nSPS) is 18.5. The second-order valence-electron chi connectivity index (χ2n) is 7.62. The fraction of sp³-hybridized carbons (Fsp3) is 0.391. The van der Waals surface area contributed by atoms with Crippen molar-refractivity contribution in [2.45, 2.75) is 32.7 Å². The number of rotatable bonds is 5. The molecule has 2 amide bonds. The van der Waals surface area contributed by atoms with Gasteiger partial charge in [-0.3, -0.25) is 9.59 Å². The van der Waals surface area contributed by atoms with E-state index in [4.69, 9.17) is 9.47 Å². The first kappa shape index (κ1) is 20.1. The Bertz CT molecular complexity index is 1090. The number of nitrogens with zero attached hydrogens (tertiary/aromatic N) is 2. The van der Waals surface area contributed by atoms with Crippen LogP contribution in [-0.4, -0.2) is 54.0 Å². The zero-order chi connectivity index (χ0) is 21.3. The summed E-state index contributed by atoms with van der Waals surface area (Å²) in [7, 11) is 1.61. The molecule has 0 saturated heterocycles. The summed E-state index contributed by atoms with van der Waals surface area (Å²) in [5.74, 6) is 1.31. The summed E-state index contributed by atoms with van der Waals surface area (Å²) >= 11 is 0. The van der Waals surface area contributed by atoms with Crippen molar-refractivity contribution in [3.05, 3.63) is 45.6 Å². The topological polar surface area (TPSA) is 74.9 Å². The van der Waals surface area contributed by atoms with Gasteiger partial charge in [-0.2, -0.15) is 0 Å². The fourth-order valence-corrected chi connectivity index (χ4v) is 4.35. The van der Waals surface area contributed by atoms with Gasteiger partial charge in [0, 0.05) is 24.6 Å². The Labute approximate surface area is 175 Å². The number of aromatic amines is 1. The van der Waals surface area contributed by atoms with E-state index in [0.717, 1.165) is 29.4 Å². The molecule has 7 heteroatoms. The van der Waals surface area contributed by atoms with Crippen molar-refractivity contribution >= 4 is 24.5 Å². The minimum absolute atomic E-state index is 0.0430. The van der Waals surface area contributed by atoms with Crippen LogP contribution in [0.4, 0.5) is 0 Å². The number of carbonyl (C=O) groups excluding carboxylic acids is 2. The molecule has 0 bridgehead atoms. The lowest BCUT2D eigenvalue weighted by atomic mass is 9.92. The van der Waals surface area contributed by atoms with Crippen molar-refractivity contribution in [3.8, 4) is 11.5 Å². The molecule has 2 aromatic rings. The number of H-pyrrole nitrogens is 1. The third kappa shape index (κ3) is 3.44. The second kappa shape index (κ2) is 8.26. The summed E-state index contributed by atoms with van der Waals surface area (Å²) < 4.78 is 11.0. The number of carbonyl (C=O) groups is 2. The van der Waals surface area contributed by atoms with Crippen molar-refractivity contribution in [3.63, 3.8) is 0 Å². The van der Waals surface area contributed by atoms with Crippen LogP contribution >= 0.6 is 0 Å². The minimum atomic E-state index is -0.284. The van der Waals surface area contributed by atoms with Crippen molar-refractivity contribution < 1.29 is 19.1 Å². The number of nitrogens with one attached hydrogen (secondary N) is 1. The first-order chi connectivity index (χ1) is 14.6. The van der Waals surface area contributed by atoms with Gasteiger partial charge in [-0.25, -0.2) is 0 Å². The lowest BCUT2D eigenvalue weighted by Crippen LogP contribution is -2.45. The minimum Gasteiger partial charge on any atom is -0.454 e. The summed E-state index contributed by atoms with van der Waals surface area (Å²) in [5.41, 5.74) is 3.22. The molecule has 2 aliphatic heterocycles. The van der Waals surface area contributed by atoms with Gasteiger partial charge in [-0.15, -0.1) is 0 Å². The monoisotopic (exact) mass is 409 g/mol. The highest BCUT2D eigenvalue weighted by Crippen LogP contribution is 2.39. The van der Waals surface area contributed by atoms with E-state index in [9.17, 15) is 9.59 Å². The zero-order valence-corrected chi connectivity index (χ0v) is 17.6. The first-order valence-electron chi connectivity index (χ1n) is 10.3. The van der Waals surface area contributed by atoms with Gasteiger partial charge >= 0.3 is 0 Å². The van der Waals surface area contributed by atoms with E-state index < -0.39 is 0 Å². The van der Waals surface area contributed by atoms with Gasteiger partial charge in [0.2, 0.25) is 19.1 Å². The van der Waals surface area contributed by atoms with Crippen molar-refractivity contribution in [2.24, 2.45) is 0 Å².